The molecule has 17 heavy (non-hydrogen) atoms. The van der Waals surface area contributed by atoms with Crippen LogP contribution >= 0.6 is 11.6 Å². The molecule has 2 aromatic rings. The molecule has 4 heteroatoms. The second kappa shape index (κ2) is 5.84. The Balaban J connectivity index is 2.01. The number of aromatic nitrogens is 1. The highest BCUT2D eigenvalue weighted by molar-refractivity contribution is 6.30. The van der Waals surface area contributed by atoms with E-state index in [1.165, 1.54) is 0 Å². The number of rotatable bonds is 5. The summed E-state index contributed by atoms with van der Waals surface area (Å²) in [5.74, 6) is 1.65. The Morgan fingerprint density at radius 2 is 2.29 bits per heavy atom. The number of halogens is 1. The van der Waals surface area contributed by atoms with Gasteiger partial charge in [-0.25, -0.2) is 4.98 Å². The van der Waals surface area contributed by atoms with Gasteiger partial charge in [0.25, 0.3) is 0 Å². The Bertz CT molecular complexity index is 482. The maximum Gasteiger partial charge on any atom is 0.198 e. The molecule has 1 aromatic heterocycles. The van der Waals surface area contributed by atoms with Crippen LogP contribution in [0.4, 0.5) is 0 Å². The molecule has 1 N–H and O–H groups in total. The zero-order valence-corrected chi connectivity index (χ0v) is 10.5. The first-order valence-electron chi connectivity index (χ1n) is 5.60. The molecule has 0 spiro atoms. The lowest BCUT2D eigenvalue weighted by atomic mass is 10.1. The van der Waals surface area contributed by atoms with Crippen molar-refractivity contribution >= 4 is 11.6 Å². The molecule has 0 unspecified atom stereocenters. The van der Waals surface area contributed by atoms with Crippen LogP contribution in [0.15, 0.2) is 34.9 Å². The van der Waals surface area contributed by atoms with Gasteiger partial charge in [0.2, 0.25) is 0 Å². The first-order valence-corrected chi connectivity index (χ1v) is 5.98. The molecule has 2 rings (SSSR count). The first kappa shape index (κ1) is 12.1. The number of oxazole rings is 1. The number of hydrogen-bond donors (Lipinski definition) is 1. The number of likely N-dealkylation sites (N-methyl/N-ethyl adjacent to an activating group) is 1. The van der Waals surface area contributed by atoms with Crippen molar-refractivity contribution in [2.45, 2.75) is 12.8 Å². The molecule has 0 aliphatic carbocycles. The summed E-state index contributed by atoms with van der Waals surface area (Å²) in [6.07, 6.45) is 3.33. The van der Waals surface area contributed by atoms with Crippen LogP contribution in [0.3, 0.4) is 0 Å². The molecule has 0 radical (unpaired) electrons. The summed E-state index contributed by atoms with van der Waals surface area (Å²) in [4.78, 5) is 4.26. The monoisotopic (exact) mass is 250 g/mol. The van der Waals surface area contributed by atoms with Crippen molar-refractivity contribution in [2.24, 2.45) is 0 Å². The predicted molar refractivity (Wildman–Crippen MR) is 68.4 cm³/mol. The minimum absolute atomic E-state index is 0.681. The van der Waals surface area contributed by atoms with Crippen LogP contribution in [0, 0.1) is 0 Å². The van der Waals surface area contributed by atoms with Crippen molar-refractivity contribution in [3.63, 3.8) is 0 Å². The van der Waals surface area contributed by atoms with Gasteiger partial charge in [0.05, 0.1) is 6.20 Å². The maximum atomic E-state index is 5.93. The van der Waals surface area contributed by atoms with Crippen LogP contribution in [-0.4, -0.2) is 18.6 Å². The van der Waals surface area contributed by atoms with Crippen LogP contribution < -0.4 is 5.32 Å². The summed E-state index contributed by atoms with van der Waals surface area (Å²) in [7, 11) is 1.92. The molecular formula is C13H15ClN2O. The normalized spacial score (nSPS) is 10.7. The standard InChI is InChI=1S/C13H15ClN2O/c1-15-6-5-12-9-16-13(17-12)8-10-3-2-4-11(14)7-10/h2-4,7,9,15H,5-6,8H2,1H3. The molecule has 90 valence electrons. The maximum absolute atomic E-state index is 5.93. The average Bonchev–Trinajstić information content (AvgIpc) is 2.74. The van der Waals surface area contributed by atoms with Crippen LogP contribution in [0.5, 0.6) is 0 Å². The topological polar surface area (TPSA) is 38.1 Å². The van der Waals surface area contributed by atoms with Crippen molar-refractivity contribution < 1.29 is 4.42 Å². The molecule has 0 bridgehead atoms. The van der Waals surface area contributed by atoms with Gasteiger partial charge in [-0.05, 0) is 24.7 Å². The highest BCUT2D eigenvalue weighted by Crippen LogP contribution is 2.15. The van der Waals surface area contributed by atoms with Crippen LogP contribution in [-0.2, 0) is 12.8 Å². The van der Waals surface area contributed by atoms with E-state index in [-0.39, 0.29) is 0 Å². The minimum atomic E-state index is 0.681. The molecule has 1 heterocycles. The third kappa shape index (κ3) is 3.58. The minimum Gasteiger partial charge on any atom is -0.445 e. The van der Waals surface area contributed by atoms with E-state index in [1.807, 2.05) is 31.3 Å². The van der Waals surface area contributed by atoms with Crippen molar-refractivity contribution in [1.29, 1.82) is 0 Å². The lowest BCUT2D eigenvalue weighted by Crippen LogP contribution is -2.09. The number of nitrogens with zero attached hydrogens (tertiary/aromatic N) is 1. The summed E-state index contributed by atoms with van der Waals surface area (Å²) in [5, 5.41) is 3.82. The Kier molecular flexibility index (Phi) is 4.18. The second-order valence-electron chi connectivity index (χ2n) is 3.88. The summed E-state index contributed by atoms with van der Waals surface area (Å²) in [6.45, 7) is 0.895. The zero-order chi connectivity index (χ0) is 12.1. The van der Waals surface area contributed by atoms with E-state index in [0.717, 1.165) is 35.2 Å². The van der Waals surface area contributed by atoms with Gasteiger partial charge in [-0.15, -0.1) is 0 Å². The molecule has 1 aromatic carbocycles. The van der Waals surface area contributed by atoms with Crippen LogP contribution in [0.1, 0.15) is 17.2 Å². The Morgan fingerprint density at radius 3 is 3.06 bits per heavy atom. The van der Waals surface area contributed by atoms with E-state index >= 15 is 0 Å². The fourth-order valence-electron chi connectivity index (χ4n) is 1.62. The Morgan fingerprint density at radius 1 is 1.41 bits per heavy atom. The van der Waals surface area contributed by atoms with Gasteiger partial charge in [0.1, 0.15) is 5.76 Å². The number of nitrogens with one attached hydrogen (secondary N) is 1. The van der Waals surface area contributed by atoms with Crippen LogP contribution in [0.2, 0.25) is 5.02 Å². The highest BCUT2D eigenvalue weighted by atomic mass is 35.5. The third-order valence-electron chi connectivity index (χ3n) is 2.47. The average molecular weight is 251 g/mol. The summed E-state index contributed by atoms with van der Waals surface area (Å²) >= 11 is 5.93. The van der Waals surface area contributed by atoms with E-state index in [1.54, 1.807) is 6.20 Å². The van der Waals surface area contributed by atoms with E-state index in [4.69, 9.17) is 16.0 Å². The molecule has 0 fully saturated rings. The highest BCUT2D eigenvalue weighted by Gasteiger charge is 2.05. The number of benzene rings is 1. The van der Waals surface area contributed by atoms with Crippen molar-refractivity contribution in [1.82, 2.24) is 10.3 Å². The molecule has 3 nitrogen and oxygen atoms in total. The van der Waals surface area contributed by atoms with E-state index in [9.17, 15) is 0 Å². The first-order chi connectivity index (χ1) is 8.28. The van der Waals surface area contributed by atoms with Crippen molar-refractivity contribution in [2.75, 3.05) is 13.6 Å². The Hall–Kier alpha value is -1.32. The quantitative estimate of drug-likeness (QED) is 0.887. The van der Waals surface area contributed by atoms with E-state index in [0.29, 0.717) is 6.42 Å². The van der Waals surface area contributed by atoms with Gasteiger partial charge in [0.15, 0.2) is 5.89 Å². The van der Waals surface area contributed by atoms with Crippen LogP contribution in [0.25, 0.3) is 0 Å². The van der Waals surface area contributed by atoms with Gasteiger partial charge in [-0.1, -0.05) is 23.7 Å². The summed E-state index contributed by atoms with van der Waals surface area (Å²) in [5.41, 5.74) is 1.11. The smallest absolute Gasteiger partial charge is 0.198 e. The molecular weight excluding hydrogens is 236 g/mol. The molecule has 0 saturated carbocycles. The van der Waals surface area contributed by atoms with Gasteiger partial charge < -0.3 is 9.73 Å². The second-order valence-corrected chi connectivity index (χ2v) is 4.32. The lowest BCUT2D eigenvalue weighted by Gasteiger charge is -1.98. The fraction of sp³-hybridized carbons (Fsp3) is 0.308. The SMILES string of the molecule is CNCCc1cnc(Cc2cccc(Cl)c2)o1. The third-order valence-corrected chi connectivity index (χ3v) is 2.70. The molecule has 0 aliphatic rings. The van der Waals surface area contributed by atoms with E-state index in [2.05, 4.69) is 10.3 Å². The van der Waals surface area contributed by atoms with Crippen molar-refractivity contribution in [3.8, 4) is 0 Å². The van der Waals surface area contributed by atoms with Crippen molar-refractivity contribution in [3.05, 3.63) is 52.7 Å². The summed E-state index contributed by atoms with van der Waals surface area (Å²) in [6, 6.07) is 7.74. The largest absolute Gasteiger partial charge is 0.445 e. The zero-order valence-electron chi connectivity index (χ0n) is 9.74. The summed E-state index contributed by atoms with van der Waals surface area (Å²) < 4.78 is 5.64. The van der Waals surface area contributed by atoms with Gasteiger partial charge in [0, 0.05) is 24.4 Å². The predicted octanol–water partition coefficient (Wildman–Crippen LogP) is 2.68. The molecule has 0 atom stereocenters. The molecule has 0 amide bonds. The van der Waals surface area contributed by atoms with E-state index < -0.39 is 0 Å². The lowest BCUT2D eigenvalue weighted by molar-refractivity contribution is 0.460. The molecule has 0 saturated heterocycles. The van der Waals surface area contributed by atoms with Gasteiger partial charge in [-0.2, -0.15) is 0 Å². The Labute approximate surface area is 106 Å². The number of hydrogen-bond acceptors (Lipinski definition) is 3. The van der Waals surface area contributed by atoms with Gasteiger partial charge in [-0.3, -0.25) is 0 Å². The molecule has 0 aliphatic heterocycles. The fourth-order valence-corrected chi connectivity index (χ4v) is 1.83. The van der Waals surface area contributed by atoms with Gasteiger partial charge >= 0.3 is 0 Å².